The molecule has 2 amide bonds. The molecule has 3 heterocycles. The van der Waals surface area contributed by atoms with Gasteiger partial charge in [0.25, 0.3) is 5.91 Å². The number of amides is 2. The second kappa shape index (κ2) is 18.3. The minimum Gasteiger partial charge on any atom is -0.481 e. The van der Waals surface area contributed by atoms with Crippen LogP contribution in [-0.4, -0.2) is 76.8 Å². The lowest BCUT2D eigenvalue weighted by atomic mass is 9.94. The van der Waals surface area contributed by atoms with Gasteiger partial charge in [0, 0.05) is 67.9 Å². The number of hydrogen-bond acceptors (Lipinski definition) is 11. The Kier molecular flexibility index (Phi) is 13.2. The maximum absolute atomic E-state index is 12.8. The molecule has 1 saturated carbocycles. The first-order chi connectivity index (χ1) is 28.3. The van der Waals surface area contributed by atoms with Crippen LogP contribution in [0.4, 0.5) is 0 Å². The van der Waals surface area contributed by atoms with Crippen molar-refractivity contribution in [3.63, 3.8) is 0 Å². The number of rotatable bonds is 14. The largest absolute Gasteiger partial charge is 0.481 e. The number of nitrogens with zero attached hydrogens (tertiary/aromatic N) is 4. The number of carbonyl (C=O) groups is 3. The number of benzene rings is 2. The van der Waals surface area contributed by atoms with Gasteiger partial charge in [-0.2, -0.15) is 4.98 Å². The van der Waals surface area contributed by atoms with Gasteiger partial charge in [-0.3, -0.25) is 24.0 Å². The molecule has 13 nitrogen and oxygen atoms in total. The standard InChI is InChI=1S/C43H48Cl2N6O7S/c1-25(52)49-59(4,55)50-40(54)28-17-18-51(23-28)24-29-20-36(44)43(48-42(29)57-3)58-38-16-14-32-31(7-5-8-33(32)38)34-9-6-10-35(39(34)45)37-15-12-27(41(47-37)56-2)22-46-21-26-11-13-30(53)19-26/h5-10,12,15,20,26,28,38,46H,11,13-14,16-19,21-24H2,1-4H3,(H,49,50,52,54,55)/t26-,28-,38+,59?/m1/s1. The van der Waals surface area contributed by atoms with E-state index in [1.165, 1.54) is 20.3 Å². The van der Waals surface area contributed by atoms with Crippen LogP contribution in [0.15, 0.2) is 59.0 Å². The predicted octanol–water partition coefficient (Wildman–Crippen LogP) is 7.16. The van der Waals surface area contributed by atoms with Gasteiger partial charge in [-0.15, -0.1) is 4.36 Å². The van der Waals surface area contributed by atoms with E-state index in [0.29, 0.717) is 91.1 Å². The molecule has 2 aromatic heterocycles. The zero-order valence-electron chi connectivity index (χ0n) is 33.5. The van der Waals surface area contributed by atoms with Crippen molar-refractivity contribution >= 4 is 50.7 Å². The van der Waals surface area contributed by atoms with Crippen molar-refractivity contribution in [2.24, 2.45) is 16.2 Å². The third-order valence-corrected chi connectivity index (χ3v) is 12.9. The molecular weight excluding hydrogens is 815 g/mol. The molecule has 59 heavy (non-hydrogen) atoms. The van der Waals surface area contributed by atoms with Crippen LogP contribution in [0, 0.1) is 11.8 Å². The van der Waals surface area contributed by atoms with E-state index >= 15 is 0 Å². The average Bonchev–Trinajstić information content (AvgIpc) is 3.95. The number of fused-ring (bicyclic) bond motifs is 1. The Hall–Kier alpha value is -4.60. The van der Waals surface area contributed by atoms with E-state index in [2.05, 4.69) is 36.4 Å². The summed E-state index contributed by atoms with van der Waals surface area (Å²) >= 11 is 14.0. The van der Waals surface area contributed by atoms with Crippen LogP contribution in [0.2, 0.25) is 10.0 Å². The summed E-state index contributed by atoms with van der Waals surface area (Å²) in [6.45, 7) is 4.00. The minimum atomic E-state index is -3.16. The molecule has 16 heteroatoms. The van der Waals surface area contributed by atoms with Gasteiger partial charge in [0.1, 0.15) is 26.8 Å². The first-order valence-electron chi connectivity index (χ1n) is 19.7. The quantitative estimate of drug-likeness (QED) is 0.132. The van der Waals surface area contributed by atoms with E-state index in [4.69, 9.17) is 42.4 Å². The highest BCUT2D eigenvalue weighted by molar-refractivity contribution is 7.91. The maximum atomic E-state index is 12.8. The topological polar surface area (TPSA) is 161 Å². The molecule has 1 saturated heterocycles. The molecule has 0 spiro atoms. The number of likely N-dealkylation sites (tertiary alicyclic amines) is 1. The number of hydrogen-bond donors (Lipinski definition) is 2. The third-order valence-electron chi connectivity index (χ3n) is 11.1. The molecule has 3 aliphatic rings. The summed E-state index contributed by atoms with van der Waals surface area (Å²) in [6, 6.07) is 17.8. The lowest BCUT2D eigenvalue weighted by Crippen LogP contribution is -2.29. The molecule has 2 aromatic carbocycles. The van der Waals surface area contributed by atoms with Crippen molar-refractivity contribution in [1.82, 2.24) is 24.9 Å². The number of nitrogens with one attached hydrogen (secondary N) is 2. The lowest BCUT2D eigenvalue weighted by Gasteiger charge is -2.20. The molecule has 312 valence electrons. The predicted molar refractivity (Wildman–Crippen MR) is 227 cm³/mol. The van der Waals surface area contributed by atoms with Crippen LogP contribution in [0.1, 0.15) is 67.4 Å². The fraction of sp³-hybridized carbons (Fsp3) is 0.419. The summed E-state index contributed by atoms with van der Waals surface area (Å²) in [6.07, 6.45) is 5.17. The fourth-order valence-corrected chi connectivity index (χ4v) is 9.91. The van der Waals surface area contributed by atoms with Crippen molar-refractivity contribution in [3.05, 3.63) is 86.9 Å². The van der Waals surface area contributed by atoms with Crippen LogP contribution in [-0.2, 0) is 43.8 Å². The summed E-state index contributed by atoms with van der Waals surface area (Å²) in [4.78, 5) is 47.4. The van der Waals surface area contributed by atoms with Crippen molar-refractivity contribution < 1.29 is 32.8 Å². The molecule has 1 unspecified atom stereocenters. The van der Waals surface area contributed by atoms with Crippen molar-refractivity contribution in [3.8, 4) is 40.0 Å². The SMILES string of the molecule is COc1nc(-c2cccc(-c3cccc4c3CC[C@@H]4Oc3nc(OC)c(CN4CC[C@@H](C(=O)N=S(C)(=O)NC(C)=O)C4)cc3Cl)c2Cl)ccc1CNC[C@@H]1CCC(=O)C1. The van der Waals surface area contributed by atoms with Crippen LogP contribution < -0.4 is 24.2 Å². The van der Waals surface area contributed by atoms with Gasteiger partial charge in [-0.05, 0) is 73.5 Å². The summed E-state index contributed by atoms with van der Waals surface area (Å²) in [5.41, 5.74) is 7.20. The molecular formula is C43H48Cl2N6O7S. The highest BCUT2D eigenvalue weighted by Gasteiger charge is 2.32. The molecule has 2 fully saturated rings. The molecule has 2 aliphatic carbocycles. The van der Waals surface area contributed by atoms with Crippen LogP contribution in [0.5, 0.6) is 17.6 Å². The van der Waals surface area contributed by atoms with Crippen molar-refractivity contribution in [2.75, 3.05) is 40.1 Å². The highest BCUT2D eigenvalue weighted by atomic mass is 35.5. The number of pyridine rings is 2. The molecule has 7 rings (SSSR count). The van der Waals surface area contributed by atoms with E-state index in [-0.39, 0.29) is 12.0 Å². The van der Waals surface area contributed by atoms with E-state index in [0.717, 1.165) is 58.3 Å². The Morgan fingerprint density at radius 1 is 0.932 bits per heavy atom. The van der Waals surface area contributed by atoms with Gasteiger partial charge in [0.15, 0.2) is 0 Å². The Bertz CT molecular complexity index is 2400. The summed E-state index contributed by atoms with van der Waals surface area (Å²) in [5.74, 6) is 0.389. The number of ketones is 1. The van der Waals surface area contributed by atoms with E-state index in [1.807, 2.05) is 36.4 Å². The zero-order valence-corrected chi connectivity index (χ0v) is 35.8. The fourth-order valence-electron chi connectivity index (χ4n) is 8.29. The number of halogens is 2. The zero-order chi connectivity index (χ0) is 41.8. The molecule has 0 bridgehead atoms. The summed E-state index contributed by atoms with van der Waals surface area (Å²) in [7, 11) is -0.00949. The molecule has 2 N–H and O–H groups in total. The number of ether oxygens (including phenoxy) is 3. The summed E-state index contributed by atoms with van der Waals surface area (Å²) < 4.78 is 36.4. The Labute approximate surface area is 354 Å². The van der Waals surface area contributed by atoms with E-state index in [1.54, 1.807) is 13.2 Å². The number of aromatic nitrogens is 2. The highest BCUT2D eigenvalue weighted by Crippen LogP contribution is 2.45. The normalized spacial score (nSPS) is 19.9. The van der Waals surface area contributed by atoms with E-state index < -0.39 is 27.6 Å². The van der Waals surface area contributed by atoms with Crippen LogP contribution >= 0.6 is 23.2 Å². The van der Waals surface area contributed by atoms with Crippen LogP contribution in [0.25, 0.3) is 22.4 Å². The lowest BCUT2D eigenvalue weighted by molar-refractivity contribution is -0.121. The van der Waals surface area contributed by atoms with Crippen molar-refractivity contribution in [2.45, 2.75) is 64.6 Å². The second-order valence-corrected chi connectivity index (χ2v) is 18.2. The Morgan fingerprint density at radius 2 is 1.68 bits per heavy atom. The number of methoxy groups -OCH3 is 2. The van der Waals surface area contributed by atoms with E-state index in [9.17, 15) is 18.6 Å². The van der Waals surface area contributed by atoms with Gasteiger partial charge in [0.2, 0.25) is 23.5 Å². The first-order valence-corrected chi connectivity index (χ1v) is 22.3. The maximum Gasteiger partial charge on any atom is 0.259 e. The van der Waals surface area contributed by atoms with Gasteiger partial charge in [0.05, 0.1) is 30.9 Å². The van der Waals surface area contributed by atoms with Gasteiger partial charge in [-0.1, -0.05) is 65.7 Å². The Balaban J connectivity index is 1.04. The van der Waals surface area contributed by atoms with Gasteiger partial charge >= 0.3 is 0 Å². The minimum absolute atomic E-state index is 0.256. The monoisotopic (exact) mass is 862 g/mol. The molecule has 0 radical (unpaired) electrons. The Morgan fingerprint density at radius 3 is 2.42 bits per heavy atom. The van der Waals surface area contributed by atoms with Crippen molar-refractivity contribution in [1.29, 1.82) is 0 Å². The molecule has 4 atom stereocenters. The average molecular weight is 864 g/mol. The number of carbonyl (C=O) groups excluding carboxylic acids is 3. The van der Waals surface area contributed by atoms with Crippen LogP contribution in [0.3, 0.4) is 0 Å². The molecule has 4 aromatic rings. The number of Topliss-reactive ketones (excluding diaryl/α,β-unsaturated/α-hetero) is 1. The summed E-state index contributed by atoms with van der Waals surface area (Å²) in [5, 5.41) is 4.38. The van der Waals surface area contributed by atoms with Gasteiger partial charge < -0.3 is 19.5 Å². The van der Waals surface area contributed by atoms with Gasteiger partial charge in [-0.25, -0.2) is 9.19 Å². The first kappa shape index (κ1) is 42.5. The smallest absolute Gasteiger partial charge is 0.259 e. The second-order valence-electron chi connectivity index (χ2n) is 15.4. The molecule has 1 aliphatic heterocycles. The third kappa shape index (κ3) is 9.90.